The van der Waals surface area contributed by atoms with Crippen molar-refractivity contribution in [2.45, 2.75) is 124 Å². The Balaban J connectivity index is 0.000000205. The topological polar surface area (TPSA) is 32.7 Å². The third-order valence-corrected chi connectivity index (χ3v) is 7.15. The fourth-order valence-electron chi connectivity index (χ4n) is 4.69. The van der Waals surface area contributed by atoms with Crippen LogP contribution in [0, 0.1) is 0 Å². The van der Waals surface area contributed by atoms with Gasteiger partial charge in [-0.05, 0) is 63.0 Å². The van der Waals surface area contributed by atoms with Crippen molar-refractivity contribution in [1.29, 1.82) is 0 Å². The second-order valence-electron chi connectivity index (χ2n) is 14.5. The first kappa shape index (κ1) is 27.4. The quantitative estimate of drug-likeness (QED) is 0.410. The van der Waals surface area contributed by atoms with Gasteiger partial charge >= 0.3 is 0 Å². The lowest BCUT2D eigenvalue weighted by Gasteiger charge is -2.27. The summed E-state index contributed by atoms with van der Waals surface area (Å²) in [7, 11) is 0. The fourth-order valence-corrected chi connectivity index (χ4v) is 4.69. The lowest BCUT2D eigenvalue weighted by atomic mass is 9.79. The summed E-state index contributed by atoms with van der Waals surface area (Å²) in [6, 6.07) is 10.6. The minimum atomic E-state index is 0.0821. The smallest absolute Gasteiger partial charge is 0.172 e. The number of rotatable bonds is 0. The number of anilines is 1. The van der Waals surface area contributed by atoms with Crippen LogP contribution in [0.15, 0.2) is 30.3 Å². The minimum Gasteiger partial charge on any atom is -0.508 e. The molecule has 3 heteroatoms. The highest BCUT2D eigenvalue weighted by Crippen LogP contribution is 2.49. The zero-order valence-electron chi connectivity index (χ0n) is 24.4. The molecule has 0 saturated carbocycles. The molecule has 2 aliphatic heterocycles. The van der Waals surface area contributed by atoms with Crippen molar-refractivity contribution < 1.29 is 9.84 Å². The molecule has 2 heterocycles. The lowest BCUT2D eigenvalue weighted by Crippen LogP contribution is -2.27. The van der Waals surface area contributed by atoms with E-state index in [0.29, 0.717) is 5.75 Å². The summed E-state index contributed by atoms with van der Waals surface area (Å²) in [5.74, 6) is 1.50. The van der Waals surface area contributed by atoms with Crippen LogP contribution in [-0.4, -0.2) is 17.9 Å². The van der Waals surface area contributed by atoms with E-state index in [1.54, 1.807) is 0 Å². The number of hydrogen-bond donors (Lipinski definition) is 1. The van der Waals surface area contributed by atoms with Crippen molar-refractivity contribution in [3.63, 3.8) is 0 Å². The predicted molar refractivity (Wildman–Crippen MR) is 150 cm³/mol. The Morgan fingerprint density at radius 2 is 1.17 bits per heavy atom. The standard InChI is InChI=1S/C18H27NO.C14H22O/c1-17(2,3)12-10-13(18(4,5)6)16-14(11-12)19-9-7-8-15(19)20-16;1-13(2,3)10-7-11(14(4,5)6)9-12(15)8-10/h10-11,15H,7-9H2,1-6H3;7-9,15H,1-6H3. The average molecular weight is 480 g/mol. The molecular weight excluding hydrogens is 430 g/mol. The number of aromatic hydroxyl groups is 1. The van der Waals surface area contributed by atoms with Crippen LogP contribution in [0.2, 0.25) is 0 Å². The Morgan fingerprint density at radius 3 is 1.63 bits per heavy atom. The molecule has 1 atom stereocenters. The van der Waals surface area contributed by atoms with E-state index in [1.165, 1.54) is 34.4 Å². The number of phenolic OH excluding ortho intramolecular Hbond substituents is 1. The van der Waals surface area contributed by atoms with Gasteiger partial charge in [0.05, 0.1) is 5.69 Å². The summed E-state index contributed by atoms with van der Waals surface area (Å²) in [4.78, 5) is 2.46. The lowest BCUT2D eigenvalue weighted by molar-refractivity contribution is 0.234. The van der Waals surface area contributed by atoms with Crippen LogP contribution in [0.3, 0.4) is 0 Å². The zero-order valence-corrected chi connectivity index (χ0v) is 24.4. The SMILES string of the molecule is CC(C)(C)c1cc(O)cc(C(C)(C)C)c1.CC(C)(C)c1cc2c(c(C(C)(C)C)c1)OC1CCCN21. The third-order valence-electron chi connectivity index (χ3n) is 7.15. The van der Waals surface area contributed by atoms with Gasteiger partial charge in [0.2, 0.25) is 0 Å². The zero-order chi connectivity index (χ0) is 26.6. The van der Waals surface area contributed by atoms with Gasteiger partial charge in [-0.1, -0.05) is 95.2 Å². The van der Waals surface area contributed by atoms with E-state index in [1.807, 2.05) is 12.1 Å². The Morgan fingerprint density at radius 1 is 0.686 bits per heavy atom. The Labute approximate surface area is 214 Å². The molecule has 4 rings (SSSR count). The largest absolute Gasteiger partial charge is 0.508 e. The Hall–Kier alpha value is -2.16. The molecule has 3 nitrogen and oxygen atoms in total. The van der Waals surface area contributed by atoms with Crippen LogP contribution in [-0.2, 0) is 21.7 Å². The normalized spacial score (nSPS) is 17.9. The van der Waals surface area contributed by atoms with E-state index in [2.05, 4.69) is 106 Å². The molecule has 2 aromatic rings. The van der Waals surface area contributed by atoms with Crippen molar-refractivity contribution in [2.75, 3.05) is 11.4 Å². The second kappa shape index (κ2) is 9.05. The molecule has 1 unspecified atom stereocenters. The molecule has 1 N–H and O–H groups in total. The first-order chi connectivity index (χ1) is 15.8. The molecule has 2 aliphatic rings. The van der Waals surface area contributed by atoms with Gasteiger partial charge in [-0.15, -0.1) is 0 Å². The van der Waals surface area contributed by atoms with Gasteiger partial charge < -0.3 is 14.7 Å². The van der Waals surface area contributed by atoms with Crippen LogP contribution in [0.4, 0.5) is 5.69 Å². The molecular formula is C32H49NO2. The van der Waals surface area contributed by atoms with Gasteiger partial charge in [-0.25, -0.2) is 0 Å². The minimum absolute atomic E-state index is 0.0821. The maximum absolute atomic E-state index is 9.72. The Bertz CT molecular complexity index is 1020. The number of fused-ring (bicyclic) bond motifs is 3. The van der Waals surface area contributed by atoms with Crippen molar-refractivity contribution in [2.24, 2.45) is 0 Å². The fraction of sp³-hybridized carbons (Fsp3) is 0.625. The van der Waals surface area contributed by atoms with Crippen molar-refractivity contribution in [3.8, 4) is 11.5 Å². The van der Waals surface area contributed by atoms with Gasteiger partial charge in [0.15, 0.2) is 6.23 Å². The van der Waals surface area contributed by atoms with Crippen LogP contribution < -0.4 is 9.64 Å². The van der Waals surface area contributed by atoms with Gasteiger partial charge in [-0.3, -0.25) is 0 Å². The predicted octanol–water partition coefficient (Wildman–Crippen LogP) is 8.59. The van der Waals surface area contributed by atoms with E-state index >= 15 is 0 Å². The number of ether oxygens (including phenoxy) is 1. The molecule has 1 fully saturated rings. The summed E-state index contributed by atoms with van der Waals surface area (Å²) in [6.07, 6.45) is 2.68. The molecule has 0 aliphatic carbocycles. The Kier molecular flexibility index (Phi) is 7.09. The summed E-state index contributed by atoms with van der Waals surface area (Å²) in [6.45, 7) is 27.8. The van der Waals surface area contributed by atoms with Crippen molar-refractivity contribution in [1.82, 2.24) is 0 Å². The van der Waals surface area contributed by atoms with Gasteiger partial charge in [0, 0.05) is 18.5 Å². The highest BCUT2D eigenvalue weighted by atomic mass is 16.5. The van der Waals surface area contributed by atoms with Gasteiger partial charge in [0.1, 0.15) is 11.5 Å². The monoisotopic (exact) mass is 479 g/mol. The first-order valence-corrected chi connectivity index (χ1v) is 13.3. The molecule has 0 radical (unpaired) electrons. The number of hydrogen-bond acceptors (Lipinski definition) is 3. The molecule has 194 valence electrons. The van der Waals surface area contributed by atoms with E-state index in [0.717, 1.165) is 18.7 Å². The van der Waals surface area contributed by atoms with E-state index in [9.17, 15) is 5.11 Å². The molecule has 0 spiro atoms. The average Bonchev–Trinajstić information content (AvgIpc) is 3.25. The summed E-state index contributed by atoms with van der Waals surface area (Å²) in [5, 5.41) is 9.72. The highest BCUT2D eigenvalue weighted by Gasteiger charge is 2.39. The van der Waals surface area contributed by atoms with Gasteiger partial charge in [-0.2, -0.15) is 0 Å². The molecule has 2 aromatic carbocycles. The molecule has 1 saturated heterocycles. The highest BCUT2D eigenvalue weighted by molar-refractivity contribution is 5.69. The second-order valence-corrected chi connectivity index (χ2v) is 14.5. The first-order valence-electron chi connectivity index (χ1n) is 13.3. The molecule has 0 bridgehead atoms. The maximum Gasteiger partial charge on any atom is 0.172 e. The number of phenols is 1. The van der Waals surface area contributed by atoms with Crippen LogP contribution in [0.25, 0.3) is 0 Å². The van der Waals surface area contributed by atoms with Gasteiger partial charge in [0.25, 0.3) is 0 Å². The number of nitrogens with zero attached hydrogens (tertiary/aromatic N) is 1. The summed E-state index contributed by atoms with van der Waals surface area (Å²) < 4.78 is 6.28. The van der Waals surface area contributed by atoms with Crippen LogP contribution in [0.5, 0.6) is 11.5 Å². The third kappa shape index (κ3) is 6.16. The molecule has 0 aromatic heterocycles. The van der Waals surface area contributed by atoms with Crippen molar-refractivity contribution in [3.05, 3.63) is 52.6 Å². The van der Waals surface area contributed by atoms with E-state index in [4.69, 9.17) is 4.74 Å². The van der Waals surface area contributed by atoms with Crippen molar-refractivity contribution >= 4 is 5.69 Å². The van der Waals surface area contributed by atoms with E-state index < -0.39 is 0 Å². The molecule has 0 amide bonds. The van der Waals surface area contributed by atoms with Crippen LogP contribution >= 0.6 is 0 Å². The molecule has 35 heavy (non-hydrogen) atoms. The summed E-state index contributed by atoms with van der Waals surface area (Å²) in [5.41, 5.74) is 6.92. The van der Waals surface area contributed by atoms with Crippen LogP contribution in [0.1, 0.15) is 118 Å². The summed E-state index contributed by atoms with van der Waals surface area (Å²) >= 11 is 0. The number of benzene rings is 2. The maximum atomic E-state index is 9.72. The van der Waals surface area contributed by atoms with E-state index in [-0.39, 0.29) is 27.9 Å².